The number of thioether (sulfide) groups is 1. The molecule has 0 aliphatic heterocycles. The van der Waals surface area contributed by atoms with E-state index in [0.717, 1.165) is 60.8 Å². The Morgan fingerprint density at radius 1 is 1.32 bits per heavy atom. The van der Waals surface area contributed by atoms with Gasteiger partial charge in [-0.2, -0.15) is 5.26 Å². The molecule has 148 valence electrons. The molecule has 6 nitrogen and oxygen atoms in total. The molecular weight excluding hydrogens is 370 g/mol. The van der Waals surface area contributed by atoms with E-state index in [1.165, 1.54) is 11.8 Å². The number of carbonyl (C=O) groups is 1. The minimum Gasteiger partial charge on any atom is -0.337 e. The second-order valence-electron chi connectivity index (χ2n) is 7.37. The summed E-state index contributed by atoms with van der Waals surface area (Å²) in [5, 5.41) is 21.7. The third-order valence-corrected chi connectivity index (χ3v) is 6.43. The minimum atomic E-state index is -0.713. The van der Waals surface area contributed by atoms with Crippen molar-refractivity contribution in [3.8, 4) is 17.5 Å². The molecule has 1 aliphatic rings. The number of carbonyl (C=O) groups excluding carboxylic acids is 1. The van der Waals surface area contributed by atoms with Gasteiger partial charge in [-0.3, -0.25) is 4.79 Å². The smallest absolute Gasteiger partial charge is 0.234 e. The molecule has 1 N–H and O–H groups in total. The minimum absolute atomic E-state index is 0.114. The maximum atomic E-state index is 12.8. The molecule has 0 bridgehead atoms. The maximum absolute atomic E-state index is 12.8. The molecule has 3 rings (SSSR count). The molecule has 1 fully saturated rings. The van der Waals surface area contributed by atoms with Crippen LogP contribution in [0.3, 0.4) is 0 Å². The maximum Gasteiger partial charge on any atom is 0.234 e. The first-order valence-corrected chi connectivity index (χ1v) is 10.8. The Morgan fingerprint density at radius 2 is 2.04 bits per heavy atom. The number of nitrogens with one attached hydrogen (secondary N) is 1. The van der Waals surface area contributed by atoms with Gasteiger partial charge in [0.05, 0.1) is 11.3 Å². The van der Waals surface area contributed by atoms with Crippen LogP contribution in [0, 0.1) is 18.3 Å². The van der Waals surface area contributed by atoms with Gasteiger partial charge in [0.1, 0.15) is 5.54 Å². The zero-order chi connectivity index (χ0) is 20.1. The first-order valence-electron chi connectivity index (χ1n) is 9.89. The van der Waals surface area contributed by atoms with Crippen molar-refractivity contribution in [1.82, 2.24) is 20.1 Å². The summed E-state index contributed by atoms with van der Waals surface area (Å²) in [5.74, 6) is 0.702. The van der Waals surface area contributed by atoms with Crippen molar-refractivity contribution in [2.24, 2.45) is 0 Å². The Bertz CT molecular complexity index is 879. The molecule has 7 heteroatoms. The fourth-order valence-electron chi connectivity index (χ4n) is 3.65. The van der Waals surface area contributed by atoms with E-state index < -0.39 is 5.54 Å². The molecular formula is C21H27N5OS. The first-order chi connectivity index (χ1) is 13.5. The molecule has 1 aromatic carbocycles. The fourth-order valence-corrected chi connectivity index (χ4v) is 4.57. The lowest BCUT2D eigenvalue weighted by Gasteiger charge is -2.32. The van der Waals surface area contributed by atoms with E-state index in [1.54, 1.807) is 0 Å². The molecule has 1 atom stereocenters. The molecule has 0 saturated heterocycles. The van der Waals surface area contributed by atoms with E-state index in [2.05, 4.69) is 34.6 Å². The quantitative estimate of drug-likeness (QED) is 0.742. The van der Waals surface area contributed by atoms with Gasteiger partial charge in [-0.15, -0.1) is 10.2 Å². The molecule has 1 aromatic heterocycles. The summed E-state index contributed by atoms with van der Waals surface area (Å²) in [6.07, 6.45) is 4.56. The van der Waals surface area contributed by atoms with Crippen molar-refractivity contribution in [2.75, 3.05) is 0 Å². The Morgan fingerprint density at radius 3 is 2.68 bits per heavy atom. The fraction of sp³-hybridized carbons (Fsp3) is 0.524. The number of benzene rings is 1. The van der Waals surface area contributed by atoms with E-state index in [0.29, 0.717) is 0 Å². The molecule has 1 heterocycles. The zero-order valence-corrected chi connectivity index (χ0v) is 17.6. The van der Waals surface area contributed by atoms with Crippen LogP contribution in [-0.2, 0) is 11.3 Å². The zero-order valence-electron chi connectivity index (χ0n) is 16.7. The summed E-state index contributed by atoms with van der Waals surface area (Å²) in [6.45, 7) is 6.68. The van der Waals surface area contributed by atoms with Crippen LogP contribution in [0.2, 0.25) is 0 Å². The van der Waals surface area contributed by atoms with Crippen LogP contribution in [0.4, 0.5) is 0 Å². The molecule has 28 heavy (non-hydrogen) atoms. The summed E-state index contributed by atoms with van der Waals surface area (Å²) in [7, 11) is 0. The van der Waals surface area contributed by atoms with Crippen molar-refractivity contribution < 1.29 is 4.79 Å². The van der Waals surface area contributed by atoms with Crippen LogP contribution in [0.15, 0.2) is 29.4 Å². The first kappa shape index (κ1) is 20.4. The van der Waals surface area contributed by atoms with Gasteiger partial charge in [0.2, 0.25) is 5.91 Å². The van der Waals surface area contributed by atoms with Crippen LogP contribution in [-0.4, -0.2) is 31.5 Å². The number of hydrogen-bond acceptors (Lipinski definition) is 5. The van der Waals surface area contributed by atoms with E-state index in [9.17, 15) is 10.1 Å². The average molecular weight is 398 g/mol. The second kappa shape index (κ2) is 8.78. The third kappa shape index (κ3) is 4.22. The van der Waals surface area contributed by atoms with Crippen LogP contribution in [0.1, 0.15) is 51.5 Å². The predicted octanol–water partition coefficient (Wildman–Crippen LogP) is 4.10. The van der Waals surface area contributed by atoms with E-state index >= 15 is 0 Å². The highest BCUT2D eigenvalue weighted by Crippen LogP contribution is 2.31. The second-order valence-corrected chi connectivity index (χ2v) is 8.68. The third-order valence-electron chi connectivity index (χ3n) is 5.35. The summed E-state index contributed by atoms with van der Waals surface area (Å²) in [6, 6.07) is 10.4. The molecule has 1 aliphatic carbocycles. The molecule has 0 spiro atoms. The van der Waals surface area contributed by atoms with Crippen LogP contribution in [0.25, 0.3) is 11.4 Å². The van der Waals surface area contributed by atoms with Crippen LogP contribution >= 0.6 is 11.8 Å². The van der Waals surface area contributed by atoms with Crippen molar-refractivity contribution in [1.29, 1.82) is 5.26 Å². The Labute approximate surface area is 170 Å². The number of nitriles is 1. The summed E-state index contributed by atoms with van der Waals surface area (Å²) < 4.78 is 2.04. The average Bonchev–Trinajstić information content (AvgIpc) is 3.11. The molecule has 0 radical (unpaired) electrons. The van der Waals surface area contributed by atoms with Crippen LogP contribution in [0.5, 0.6) is 0 Å². The highest BCUT2D eigenvalue weighted by atomic mass is 32.2. The van der Waals surface area contributed by atoms with Gasteiger partial charge in [-0.1, -0.05) is 55.3 Å². The van der Waals surface area contributed by atoms with Crippen LogP contribution < -0.4 is 5.32 Å². The van der Waals surface area contributed by atoms with Crippen molar-refractivity contribution in [3.05, 3.63) is 29.8 Å². The molecule has 2 aromatic rings. The van der Waals surface area contributed by atoms with Crippen molar-refractivity contribution in [2.45, 2.75) is 75.4 Å². The Hall–Kier alpha value is -2.33. The lowest BCUT2D eigenvalue weighted by atomic mass is 9.83. The summed E-state index contributed by atoms with van der Waals surface area (Å²) in [5.41, 5.74) is 1.47. The molecule has 1 saturated carbocycles. The molecule has 1 amide bonds. The van der Waals surface area contributed by atoms with Gasteiger partial charge in [0.15, 0.2) is 11.0 Å². The van der Waals surface area contributed by atoms with Crippen molar-refractivity contribution >= 4 is 17.7 Å². The highest BCUT2D eigenvalue weighted by Gasteiger charge is 2.35. The number of aromatic nitrogens is 3. The van der Waals surface area contributed by atoms with Crippen molar-refractivity contribution in [3.63, 3.8) is 0 Å². The van der Waals surface area contributed by atoms with E-state index in [-0.39, 0.29) is 11.2 Å². The number of nitrogens with zero attached hydrogens (tertiary/aromatic N) is 4. The van der Waals surface area contributed by atoms with Gasteiger partial charge in [0.25, 0.3) is 0 Å². The van der Waals surface area contributed by atoms with Gasteiger partial charge in [-0.05, 0) is 39.2 Å². The number of rotatable bonds is 6. The lowest BCUT2D eigenvalue weighted by molar-refractivity contribution is -0.121. The SMILES string of the molecule is CCn1c(SC(C)C(=O)NC2(C#N)CCCCC2)nnc1-c1ccccc1C. The highest BCUT2D eigenvalue weighted by molar-refractivity contribution is 8.00. The van der Waals surface area contributed by atoms with E-state index in [1.807, 2.05) is 36.6 Å². The number of amides is 1. The Balaban J connectivity index is 1.75. The van der Waals surface area contributed by atoms with Gasteiger partial charge in [0, 0.05) is 12.1 Å². The summed E-state index contributed by atoms with van der Waals surface area (Å²) in [4.78, 5) is 12.8. The Kier molecular flexibility index (Phi) is 6.40. The lowest BCUT2D eigenvalue weighted by Crippen LogP contribution is -2.51. The number of aryl methyl sites for hydroxylation is 1. The van der Waals surface area contributed by atoms with Gasteiger partial charge >= 0.3 is 0 Å². The van der Waals surface area contributed by atoms with E-state index in [4.69, 9.17) is 0 Å². The number of hydrogen-bond donors (Lipinski definition) is 1. The van der Waals surface area contributed by atoms with Gasteiger partial charge in [-0.25, -0.2) is 0 Å². The van der Waals surface area contributed by atoms with Gasteiger partial charge < -0.3 is 9.88 Å². The summed E-state index contributed by atoms with van der Waals surface area (Å²) >= 11 is 1.39. The predicted molar refractivity (Wildman–Crippen MR) is 111 cm³/mol. The topological polar surface area (TPSA) is 83.6 Å². The molecule has 1 unspecified atom stereocenters. The largest absolute Gasteiger partial charge is 0.337 e. The monoisotopic (exact) mass is 397 g/mol. The normalized spacial score (nSPS) is 16.9. The standard InChI is InChI=1S/C21H27N5OS/c1-4-26-18(17-11-7-6-10-15(17)2)24-25-20(26)28-16(3)19(27)23-21(14-22)12-8-5-9-13-21/h6-7,10-11,16H,4-5,8-9,12-13H2,1-3H3,(H,23,27).